The predicted molar refractivity (Wildman–Crippen MR) is 69.0 cm³/mol. The van der Waals surface area contributed by atoms with Crippen LogP contribution in [0, 0.1) is 0 Å². The first-order valence-corrected chi connectivity index (χ1v) is 6.30. The maximum atomic E-state index is 12.7. The fourth-order valence-corrected chi connectivity index (χ4v) is 1.88. The molecule has 0 amide bonds. The van der Waals surface area contributed by atoms with E-state index in [9.17, 15) is 18.0 Å². The Bertz CT molecular complexity index is 489. The number of rotatable bonds is 5. The molecule has 0 aliphatic heterocycles. The van der Waals surface area contributed by atoms with Crippen LogP contribution in [-0.4, -0.2) is 28.6 Å². The van der Waals surface area contributed by atoms with E-state index in [1.165, 1.54) is 0 Å². The maximum Gasteiger partial charge on any atom is 0.433 e. The molecular formula is C13H17F3N2O2. The Labute approximate surface area is 115 Å². The van der Waals surface area contributed by atoms with E-state index in [1.807, 2.05) is 13.8 Å². The third-order valence-electron chi connectivity index (χ3n) is 3.13. The summed E-state index contributed by atoms with van der Waals surface area (Å²) in [5.74, 6) is -1.42. The van der Waals surface area contributed by atoms with E-state index in [4.69, 9.17) is 5.11 Å². The van der Waals surface area contributed by atoms with Gasteiger partial charge in [-0.05, 0) is 32.4 Å². The SMILES string of the molecule is CCC(C)N(CC)c1nc(C(F)(F)F)ccc1C(=O)O. The number of carbonyl (C=O) groups is 1. The molecule has 1 atom stereocenters. The van der Waals surface area contributed by atoms with Gasteiger partial charge in [0.15, 0.2) is 0 Å². The number of hydrogen-bond acceptors (Lipinski definition) is 3. The Kier molecular flexibility index (Phi) is 4.97. The van der Waals surface area contributed by atoms with Crippen molar-refractivity contribution in [2.75, 3.05) is 11.4 Å². The Morgan fingerprint density at radius 1 is 1.40 bits per heavy atom. The molecule has 0 fully saturated rings. The minimum atomic E-state index is -4.60. The maximum absolute atomic E-state index is 12.7. The van der Waals surface area contributed by atoms with E-state index < -0.39 is 17.8 Å². The van der Waals surface area contributed by atoms with Crippen molar-refractivity contribution in [1.82, 2.24) is 4.98 Å². The molecule has 0 bridgehead atoms. The van der Waals surface area contributed by atoms with E-state index >= 15 is 0 Å². The highest BCUT2D eigenvalue weighted by molar-refractivity contribution is 5.93. The fourth-order valence-electron chi connectivity index (χ4n) is 1.88. The van der Waals surface area contributed by atoms with Gasteiger partial charge in [-0.3, -0.25) is 0 Å². The van der Waals surface area contributed by atoms with Crippen LogP contribution in [0.15, 0.2) is 12.1 Å². The second-order valence-electron chi connectivity index (χ2n) is 4.41. The second-order valence-corrected chi connectivity index (χ2v) is 4.41. The van der Waals surface area contributed by atoms with E-state index in [-0.39, 0.29) is 17.4 Å². The minimum Gasteiger partial charge on any atom is -0.478 e. The third-order valence-corrected chi connectivity index (χ3v) is 3.13. The summed E-state index contributed by atoms with van der Waals surface area (Å²) in [6.07, 6.45) is -3.93. The number of anilines is 1. The smallest absolute Gasteiger partial charge is 0.433 e. The largest absolute Gasteiger partial charge is 0.478 e. The van der Waals surface area contributed by atoms with Crippen LogP contribution in [0.5, 0.6) is 0 Å². The molecule has 1 N–H and O–H groups in total. The standard InChI is InChI=1S/C13H17F3N2O2/c1-4-8(3)18(5-2)11-9(12(19)20)6-7-10(17-11)13(14,15)16/h6-8H,4-5H2,1-3H3,(H,19,20). The van der Waals surface area contributed by atoms with E-state index in [0.29, 0.717) is 19.0 Å². The van der Waals surface area contributed by atoms with Crippen molar-refractivity contribution in [3.63, 3.8) is 0 Å². The van der Waals surface area contributed by atoms with Crippen LogP contribution in [-0.2, 0) is 6.18 Å². The number of carboxylic acid groups (broad SMARTS) is 1. The number of halogens is 3. The van der Waals surface area contributed by atoms with Gasteiger partial charge in [-0.15, -0.1) is 0 Å². The highest BCUT2D eigenvalue weighted by atomic mass is 19.4. The van der Waals surface area contributed by atoms with Gasteiger partial charge in [-0.1, -0.05) is 6.92 Å². The zero-order chi connectivity index (χ0) is 15.5. The molecule has 1 aromatic heterocycles. The number of nitrogens with zero attached hydrogens (tertiary/aromatic N) is 2. The summed E-state index contributed by atoms with van der Waals surface area (Å²) in [6.45, 7) is 5.82. The topological polar surface area (TPSA) is 53.4 Å². The Balaban J connectivity index is 3.42. The molecule has 1 unspecified atom stereocenters. The van der Waals surface area contributed by atoms with Crippen LogP contribution in [0.25, 0.3) is 0 Å². The number of carboxylic acids is 1. The second kappa shape index (κ2) is 6.11. The Morgan fingerprint density at radius 2 is 2.00 bits per heavy atom. The zero-order valence-electron chi connectivity index (χ0n) is 11.5. The number of pyridine rings is 1. The Hall–Kier alpha value is -1.79. The minimum absolute atomic E-state index is 0.103. The average molecular weight is 290 g/mol. The molecular weight excluding hydrogens is 273 g/mol. The first kappa shape index (κ1) is 16.3. The zero-order valence-corrected chi connectivity index (χ0v) is 11.5. The van der Waals surface area contributed by atoms with Gasteiger partial charge < -0.3 is 10.0 Å². The molecule has 0 aliphatic rings. The molecule has 0 spiro atoms. The van der Waals surface area contributed by atoms with Gasteiger partial charge in [-0.25, -0.2) is 9.78 Å². The summed E-state index contributed by atoms with van der Waals surface area (Å²) in [7, 11) is 0. The number of aromatic nitrogens is 1. The van der Waals surface area contributed by atoms with Crippen molar-refractivity contribution in [2.24, 2.45) is 0 Å². The van der Waals surface area contributed by atoms with Crippen molar-refractivity contribution in [2.45, 2.75) is 39.4 Å². The molecule has 0 aromatic carbocycles. The predicted octanol–water partition coefficient (Wildman–Crippen LogP) is 3.42. The summed E-state index contributed by atoms with van der Waals surface area (Å²) in [6, 6.07) is 1.55. The molecule has 1 aromatic rings. The lowest BCUT2D eigenvalue weighted by molar-refractivity contribution is -0.141. The fraction of sp³-hybridized carbons (Fsp3) is 0.538. The molecule has 20 heavy (non-hydrogen) atoms. The van der Waals surface area contributed by atoms with Crippen molar-refractivity contribution in [1.29, 1.82) is 0 Å². The molecule has 0 radical (unpaired) electrons. The molecule has 0 aliphatic carbocycles. The summed E-state index contributed by atoms with van der Waals surface area (Å²) in [5, 5.41) is 9.11. The van der Waals surface area contributed by atoms with Gasteiger partial charge >= 0.3 is 12.1 Å². The van der Waals surface area contributed by atoms with Crippen LogP contribution in [0.2, 0.25) is 0 Å². The van der Waals surface area contributed by atoms with Gasteiger partial charge in [0.2, 0.25) is 0 Å². The van der Waals surface area contributed by atoms with Crippen LogP contribution in [0.1, 0.15) is 43.2 Å². The van der Waals surface area contributed by atoms with Crippen molar-refractivity contribution in [3.8, 4) is 0 Å². The lowest BCUT2D eigenvalue weighted by Gasteiger charge is -2.29. The van der Waals surface area contributed by atoms with Gasteiger partial charge in [0.05, 0.1) is 0 Å². The number of alkyl halides is 3. The van der Waals surface area contributed by atoms with E-state index in [0.717, 1.165) is 6.07 Å². The molecule has 7 heteroatoms. The Morgan fingerprint density at radius 3 is 2.40 bits per heavy atom. The van der Waals surface area contributed by atoms with Crippen LogP contribution in [0.3, 0.4) is 0 Å². The summed E-state index contributed by atoms with van der Waals surface area (Å²) < 4.78 is 38.2. The highest BCUT2D eigenvalue weighted by Gasteiger charge is 2.34. The summed E-state index contributed by atoms with van der Waals surface area (Å²) in [4.78, 5) is 16.3. The lowest BCUT2D eigenvalue weighted by Crippen LogP contribution is -2.35. The highest BCUT2D eigenvalue weighted by Crippen LogP contribution is 2.31. The molecule has 0 saturated heterocycles. The molecule has 0 saturated carbocycles. The number of aromatic carboxylic acids is 1. The quantitative estimate of drug-likeness (QED) is 0.902. The molecule has 1 heterocycles. The lowest BCUT2D eigenvalue weighted by atomic mass is 10.1. The van der Waals surface area contributed by atoms with Crippen molar-refractivity contribution < 1.29 is 23.1 Å². The monoisotopic (exact) mass is 290 g/mol. The van der Waals surface area contributed by atoms with Gasteiger partial charge in [0.25, 0.3) is 0 Å². The van der Waals surface area contributed by atoms with Gasteiger partial charge in [0.1, 0.15) is 17.1 Å². The van der Waals surface area contributed by atoms with Crippen LogP contribution < -0.4 is 4.90 Å². The van der Waals surface area contributed by atoms with Crippen LogP contribution >= 0.6 is 0 Å². The normalized spacial score (nSPS) is 13.1. The first-order chi connectivity index (χ1) is 9.22. The van der Waals surface area contributed by atoms with Crippen molar-refractivity contribution >= 4 is 11.8 Å². The number of hydrogen-bond donors (Lipinski definition) is 1. The van der Waals surface area contributed by atoms with Crippen molar-refractivity contribution in [3.05, 3.63) is 23.4 Å². The van der Waals surface area contributed by atoms with E-state index in [1.54, 1.807) is 11.8 Å². The van der Waals surface area contributed by atoms with Crippen LogP contribution in [0.4, 0.5) is 19.0 Å². The third kappa shape index (κ3) is 3.40. The summed E-state index contributed by atoms with van der Waals surface area (Å²) in [5.41, 5.74) is -1.31. The van der Waals surface area contributed by atoms with E-state index in [2.05, 4.69) is 4.98 Å². The first-order valence-electron chi connectivity index (χ1n) is 6.30. The molecule has 112 valence electrons. The van der Waals surface area contributed by atoms with Gasteiger partial charge in [0, 0.05) is 12.6 Å². The summed E-state index contributed by atoms with van der Waals surface area (Å²) >= 11 is 0. The molecule has 1 rings (SSSR count). The van der Waals surface area contributed by atoms with Gasteiger partial charge in [-0.2, -0.15) is 13.2 Å². The molecule has 4 nitrogen and oxygen atoms in total. The average Bonchev–Trinajstić information content (AvgIpc) is 2.37.